The molecule has 304 valence electrons. The van der Waals surface area contributed by atoms with Crippen molar-refractivity contribution in [3.63, 3.8) is 0 Å². The third kappa shape index (κ3) is 7.50. The molecule has 0 saturated carbocycles. The Bertz CT molecular complexity index is 2850. The molecule has 0 fully saturated rings. The van der Waals surface area contributed by atoms with Crippen LogP contribution in [-0.2, 0) is 30.2 Å². The zero-order valence-electron chi connectivity index (χ0n) is 35.5. The van der Waals surface area contributed by atoms with Crippen LogP contribution in [-0.4, -0.2) is 20.7 Å². The summed E-state index contributed by atoms with van der Waals surface area (Å²) in [5.41, 5.74) is 14.2. The molecular formula is C54H52N4OPt. The Labute approximate surface area is 365 Å². The molecule has 0 radical (unpaired) electrons. The number of para-hydroxylation sites is 2. The van der Waals surface area contributed by atoms with Gasteiger partial charge in [0.15, 0.2) is 0 Å². The Hall–Kier alpha value is -5.77. The predicted octanol–water partition coefficient (Wildman–Crippen LogP) is 14.3. The average Bonchev–Trinajstić information content (AvgIpc) is 3.54. The SMILES string of the molecule is CC1CCN(c2cc(C(C)(C)C)ccn2)c2cc(Oc3cccc(-n4[c](=[Pt])n(-c5c(-c6ccccc6)cc(C(C)(C)C)cc5-c5ccccc5)c5ccccc54)c3)ccc21. The Morgan fingerprint density at radius 3 is 1.83 bits per heavy atom. The van der Waals surface area contributed by atoms with Crippen LogP contribution in [0, 0.1) is 3.80 Å². The van der Waals surface area contributed by atoms with Gasteiger partial charge in [-0.1, -0.05) is 20.8 Å². The summed E-state index contributed by atoms with van der Waals surface area (Å²) >= 11 is 2.52. The number of nitrogens with zero attached hydrogens (tertiary/aromatic N) is 4. The van der Waals surface area contributed by atoms with Gasteiger partial charge in [0.1, 0.15) is 0 Å². The zero-order chi connectivity index (χ0) is 41.8. The van der Waals surface area contributed by atoms with Crippen LogP contribution >= 0.6 is 0 Å². The normalized spacial score (nSPS) is 14.3. The molecular weight excluding hydrogens is 916 g/mol. The molecule has 0 spiro atoms. The van der Waals surface area contributed by atoms with Crippen LogP contribution in [0.25, 0.3) is 44.7 Å². The van der Waals surface area contributed by atoms with Crippen LogP contribution < -0.4 is 9.64 Å². The van der Waals surface area contributed by atoms with Crippen LogP contribution in [0.3, 0.4) is 0 Å². The van der Waals surface area contributed by atoms with Crippen molar-refractivity contribution in [3.8, 4) is 45.1 Å². The molecule has 60 heavy (non-hydrogen) atoms. The summed E-state index contributed by atoms with van der Waals surface area (Å²) in [7, 11) is 0. The van der Waals surface area contributed by atoms with Gasteiger partial charge in [0.05, 0.1) is 0 Å². The topological polar surface area (TPSA) is 35.2 Å². The molecule has 9 rings (SSSR count). The van der Waals surface area contributed by atoms with Crippen LogP contribution in [0.1, 0.15) is 77.5 Å². The van der Waals surface area contributed by atoms with Gasteiger partial charge in [-0.2, -0.15) is 0 Å². The Balaban J connectivity index is 1.17. The van der Waals surface area contributed by atoms with Crippen molar-refractivity contribution in [1.29, 1.82) is 0 Å². The number of hydrogen-bond acceptors (Lipinski definition) is 3. The monoisotopic (exact) mass is 967 g/mol. The van der Waals surface area contributed by atoms with Gasteiger partial charge in [0.25, 0.3) is 0 Å². The van der Waals surface area contributed by atoms with Crippen LogP contribution in [0.5, 0.6) is 11.5 Å². The summed E-state index contributed by atoms with van der Waals surface area (Å²) in [5, 5.41) is 0. The number of anilines is 2. The average molecular weight is 968 g/mol. The van der Waals surface area contributed by atoms with E-state index in [1.165, 1.54) is 38.9 Å². The molecule has 2 aromatic heterocycles. The Morgan fingerprint density at radius 2 is 1.20 bits per heavy atom. The summed E-state index contributed by atoms with van der Waals surface area (Å²) in [5.74, 6) is 3.01. The van der Waals surface area contributed by atoms with E-state index >= 15 is 0 Å². The maximum atomic E-state index is 6.78. The van der Waals surface area contributed by atoms with E-state index in [0.29, 0.717) is 5.92 Å². The second-order valence-corrected chi connectivity index (χ2v) is 19.1. The quantitative estimate of drug-likeness (QED) is 0.160. The number of aromatic nitrogens is 3. The Kier molecular flexibility index (Phi) is 10.4. The fourth-order valence-corrected chi connectivity index (χ4v) is 9.58. The molecule has 6 heteroatoms. The van der Waals surface area contributed by atoms with Gasteiger partial charge in [-0.25, -0.2) is 0 Å². The fraction of sp³-hybridized carbons (Fsp3) is 0.222. The van der Waals surface area contributed by atoms with Crippen molar-refractivity contribution in [1.82, 2.24) is 14.1 Å². The molecule has 0 amide bonds. The van der Waals surface area contributed by atoms with Gasteiger partial charge in [-0.15, -0.1) is 0 Å². The van der Waals surface area contributed by atoms with E-state index < -0.39 is 0 Å². The van der Waals surface area contributed by atoms with E-state index in [1.807, 2.05) is 6.20 Å². The van der Waals surface area contributed by atoms with Crippen LogP contribution in [0.15, 0.2) is 158 Å². The number of benzene rings is 6. The number of hydrogen-bond donors (Lipinski definition) is 0. The molecule has 1 aliphatic heterocycles. The summed E-state index contributed by atoms with van der Waals surface area (Å²) in [6.45, 7) is 16.9. The van der Waals surface area contributed by atoms with E-state index in [0.717, 1.165) is 62.2 Å². The first-order valence-electron chi connectivity index (χ1n) is 21.0. The van der Waals surface area contributed by atoms with Gasteiger partial charge in [-0.05, 0) is 17.0 Å². The van der Waals surface area contributed by atoms with Crippen LogP contribution in [0.4, 0.5) is 11.5 Å². The standard InChI is InChI=1S/C54H52N4O.Pt/c1-37-28-30-56(51-33-40(27-29-55-51)53(2,3)4)50-35-44(25-26-45(37)50)59-43-22-16-21-42(34-43)57-36-58(49-24-15-14-23-48(49)57)52-46(38-17-10-8-11-18-38)31-41(54(5,6)7)32-47(52)39-19-12-9-13-20-39;/h8-27,29,31-35,37H,28,30H2,1-7H3;. The molecule has 8 aromatic rings. The minimum absolute atomic E-state index is 0.0347. The first-order valence-corrected chi connectivity index (χ1v) is 22.1. The van der Waals surface area contributed by atoms with Gasteiger partial charge >= 0.3 is 323 Å². The Morgan fingerprint density at radius 1 is 0.600 bits per heavy atom. The molecule has 1 aliphatic rings. The molecule has 0 aliphatic carbocycles. The van der Waals surface area contributed by atoms with Gasteiger partial charge in [-0.3, -0.25) is 0 Å². The number of imidazole rings is 1. The number of rotatable bonds is 7. The van der Waals surface area contributed by atoms with Gasteiger partial charge in [0.2, 0.25) is 0 Å². The van der Waals surface area contributed by atoms with Gasteiger partial charge in [0, 0.05) is 6.20 Å². The summed E-state index contributed by atoms with van der Waals surface area (Å²) in [4.78, 5) is 7.22. The first-order chi connectivity index (χ1) is 28.8. The maximum absolute atomic E-state index is 6.78. The van der Waals surface area contributed by atoms with Crippen molar-refractivity contribution in [3.05, 3.63) is 178 Å². The molecule has 1 unspecified atom stereocenters. The third-order valence-corrected chi connectivity index (χ3v) is 12.9. The predicted molar refractivity (Wildman–Crippen MR) is 245 cm³/mol. The van der Waals surface area contributed by atoms with Crippen molar-refractivity contribution < 1.29 is 24.1 Å². The first kappa shape index (κ1) is 39.7. The molecule has 6 aromatic carbocycles. The van der Waals surface area contributed by atoms with E-state index in [9.17, 15) is 0 Å². The van der Waals surface area contributed by atoms with E-state index in [-0.39, 0.29) is 10.8 Å². The minimum atomic E-state index is -0.0548. The molecule has 0 saturated heterocycles. The zero-order valence-corrected chi connectivity index (χ0v) is 37.8. The second kappa shape index (κ2) is 15.7. The van der Waals surface area contributed by atoms with Crippen molar-refractivity contribution in [2.24, 2.45) is 0 Å². The van der Waals surface area contributed by atoms with Crippen LogP contribution in [0.2, 0.25) is 0 Å². The molecule has 1 atom stereocenters. The number of ether oxygens (including phenoxy) is 1. The molecule has 5 nitrogen and oxygen atoms in total. The van der Waals surface area contributed by atoms with Crippen molar-refractivity contribution >= 4 is 22.5 Å². The third-order valence-electron chi connectivity index (χ3n) is 11.9. The van der Waals surface area contributed by atoms with Crippen molar-refractivity contribution in [2.45, 2.75) is 71.6 Å². The number of fused-ring (bicyclic) bond motifs is 2. The molecule has 3 heterocycles. The second-order valence-electron chi connectivity index (χ2n) is 18.1. The van der Waals surface area contributed by atoms with Crippen molar-refractivity contribution in [2.75, 3.05) is 11.4 Å². The molecule has 0 bridgehead atoms. The van der Waals surface area contributed by atoms with E-state index in [1.54, 1.807) is 0 Å². The molecule has 0 N–H and O–H groups in total. The van der Waals surface area contributed by atoms with Gasteiger partial charge < -0.3 is 0 Å². The number of pyridine rings is 1. The fourth-order valence-electron chi connectivity index (χ4n) is 8.48. The summed E-state index contributed by atoms with van der Waals surface area (Å²) in [6, 6.07) is 54.6. The summed E-state index contributed by atoms with van der Waals surface area (Å²) < 4.78 is 12.6. The van der Waals surface area contributed by atoms with E-state index in [2.05, 4.69) is 234 Å². The summed E-state index contributed by atoms with van der Waals surface area (Å²) in [6.07, 6.45) is 3.02. The van der Waals surface area contributed by atoms with E-state index in [4.69, 9.17) is 9.72 Å².